The zero-order chi connectivity index (χ0) is 16.6. The van der Waals surface area contributed by atoms with E-state index in [0.717, 1.165) is 24.8 Å². The van der Waals surface area contributed by atoms with E-state index >= 15 is 0 Å². The lowest BCUT2D eigenvalue weighted by Gasteiger charge is -2.59. The minimum Gasteiger partial charge on any atom is -0.393 e. The fourth-order valence-electron chi connectivity index (χ4n) is 6.52. The Morgan fingerprint density at radius 1 is 1.13 bits per heavy atom. The van der Waals surface area contributed by atoms with Crippen LogP contribution in [0.25, 0.3) is 0 Å². The summed E-state index contributed by atoms with van der Waals surface area (Å²) in [5.74, 6) is 0.374. The molecule has 0 spiro atoms. The molecule has 4 heteroatoms. The molecule has 0 heterocycles. The second-order valence-corrected chi connectivity index (χ2v) is 8.86. The van der Waals surface area contributed by atoms with Gasteiger partial charge >= 0.3 is 0 Å². The van der Waals surface area contributed by atoms with Crippen LogP contribution in [0.5, 0.6) is 0 Å². The number of ketones is 1. The number of carbonyl (C=O) groups excluding carboxylic acids is 1. The van der Waals surface area contributed by atoms with Crippen LogP contribution >= 0.6 is 0 Å². The van der Waals surface area contributed by atoms with Crippen molar-refractivity contribution in [3.05, 3.63) is 11.6 Å². The molecule has 4 nitrogen and oxygen atoms in total. The largest absolute Gasteiger partial charge is 0.393 e. The monoisotopic (exact) mass is 320 g/mol. The Morgan fingerprint density at radius 2 is 1.87 bits per heavy atom. The summed E-state index contributed by atoms with van der Waals surface area (Å²) in [4.78, 5) is 12.4. The molecule has 0 radical (unpaired) electrons. The Bertz CT molecular complexity index is 570. The number of aliphatic hydroxyl groups excluding tert-OH is 3. The van der Waals surface area contributed by atoms with Crippen LogP contribution in [0.4, 0.5) is 0 Å². The van der Waals surface area contributed by atoms with E-state index in [1.807, 2.05) is 13.0 Å². The molecule has 0 aliphatic heterocycles. The van der Waals surface area contributed by atoms with Crippen LogP contribution in [-0.4, -0.2) is 39.4 Å². The van der Waals surface area contributed by atoms with E-state index in [4.69, 9.17) is 0 Å². The third-order valence-corrected chi connectivity index (χ3v) is 7.75. The Morgan fingerprint density at radius 3 is 2.61 bits per heavy atom. The fourth-order valence-corrected chi connectivity index (χ4v) is 6.52. The standard InChI is InChI=1S/C19H28O4/c1-18-6-5-11(20)7-10(18)8-13(21)16-12-3-4-15(23)19(12,2)9-14(22)17(16)18/h8,11-14,16-17,20-22H,3-7,9H2,1-2H3/t11-,12?,13+,14-,16?,17?,18+,19+/m1/s1. The maximum absolute atomic E-state index is 12.4. The molecule has 23 heavy (non-hydrogen) atoms. The van der Waals surface area contributed by atoms with Gasteiger partial charge in [-0.3, -0.25) is 4.79 Å². The number of carbonyl (C=O) groups is 1. The van der Waals surface area contributed by atoms with Crippen LogP contribution in [0, 0.1) is 28.6 Å². The minimum atomic E-state index is -0.612. The fraction of sp³-hybridized carbons (Fsp3) is 0.842. The van der Waals surface area contributed by atoms with Gasteiger partial charge in [-0.2, -0.15) is 0 Å². The Kier molecular flexibility index (Phi) is 3.37. The van der Waals surface area contributed by atoms with E-state index in [1.54, 1.807) is 0 Å². The topological polar surface area (TPSA) is 77.8 Å². The zero-order valence-corrected chi connectivity index (χ0v) is 14.0. The first-order valence-corrected chi connectivity index (χ1v) is 9.06. The first-order chi connectivity index (χ1) is 10.8. The highest BCUT2D eigenvalue weighted by atomic mass is 16.3. The second-order valence-electron chi connectivity index (χ2n) is 8.86. The van der Waals surface area contributed by atoms with Crippen LogP contribution in [0.15, 0.2) is 11.6 Å². The van der Waals surface area contributed by atoms with Gasteiger partial charge < -0.3 is 15.3 Å². The number of hydrogen-bond acceptors (Lipinski definition) is 4. The van der Waals surface area contributed by atoms with Crippen molar-refractivity contribution in [1.82, 2.24) is 0 Å². The smallest absolute Gasteiger partial charge is 0.139 e. The first-order valence-electron chi connectivity index (χ1n) is 9.06. The molecule has 4 aliphatic rings. The summed E-state index contributed by atoms with van der Waals surface area (Å²) in [6, 6.07) is 0. The summed E-state index contributed by atoms with van der Waals surface area (Å²) in [5, 5.41) is 31.8. The van der Waals surface area contributed by atoms with Gasteiger partial charge in [-0.1, -0.05) is 25.5 Å². The van der Waals surface area contributed by atoms with Crippen molar-refractivity contribution in [1.29, 1.82) is 0 Å². The highest BCUT2D eigenvalue weighted by molar-refractivity contribution is 5.87. The molecule has 0 saturated heterocycles. The Hall–Kier alpha value is -0.710. The second kappa shape index (κ2) is 4.90. The van der Waals surface area contributed by atoms with E-state index in [1.165, 1.54) is 0 Å². The summed E-state index contributed by atoms with van der Waals surface area (Å²) in [6.45, 7) is 4.18. The molecule has 4 rings (SSSR count). The number of fused-ring (bicyclic) bond motifs is 5. The summed E-state index contributed by atoms with van der Waals surface area (Å²) in [5.41, 5.74) is 0.476. The Labute approximate surface area is 137 Å². The van der Waals surface area contributed by atoms with Crippen LogP contribution in [0.3, 0.4) is 0 Å². The lowest BCUT2D eigenvalue weighted by atomic mass is 9.46. The molecule has 3 fully saturated rings. The van der Waals surface area contributed by atoms with Gasteiger partial charge in [0.05, 0.1) is 18.3 Å². The first kappa shape index (κ1) is 15.8. The number of aliphatic hydroxyl groups is 3. The number of Topliss-reactive ketones (excluding diaryl/α,β-unsaturated/α-hetero) is 1. The molecule has 3 N–H and O–H groups in total. The average Bonchev–Trinajstić information content (AvgIpc) is 2.76. The molecule has 0 aromatic rings. The Balaban J connectivity index is 1.79. The maximum Gasteiger partial charge on any atom is 0.139 e. The molecule has 3 saturated carbocycles. The van der Waals surface area contributed by atoms with Crippen molar-refractivity contribution < 1.29 is 20.1 Å². The van der Waals surface area contributed by atoms with Crippen LogP contribution < -0.4 is 0 Å². The third kappa shape index (κ3) is 1.98. The molecule has 0 aromatic carbocycles. The molecular weight excluding hydrogens is 292 g/mol. The summed E-state index contributed by atoms with van der Waals surface area (Å²) in [7, 11) is 0. The van der Waals surface area contributed by atoms with Crippen LogP contribution in [-0.2, 0) is 4.79 Å². The third-order valence-electron chi connectivity index (χ3n) is 7.75. The molecule has 0 amide bonds. The van der Waals surface area contributed by atoms with E-state index in [0.29, 0.717) is 19.3 Å². The molecule has 8 atom stereocenters. The molecule has 0 aromatic heterocycles. The van der Waals surface area contributed by atoms with Crippen molar-refractivity contribution >= 4 is 5.78 Å². The predicted octanol–water partition coefficient (Wildman–Crippen LogP) is 1.82. The van der Waals surface area contributed by atoms with E-state index in [-0.39, 0.29) is 35.1 Å². The van der Waals surface area contributed by atoms with Gasteiger partial charge in [0.2, 0.25) is 0 Å². The number of hydrogen-bond donors (Lipinski definition) is 3. The van der Waals surface area contributed by atoms with Gasteiger partial charge in [0.15, 0.2) is 0 Å². The highest BCUT2D eigenvalue weighted by Gasteiger charge is 2.63. The molecule has 4 aliphatic carbocycles. The van der Waals surface area contributed by atoms with Crippen molar-refractivity contribution in [3.8, 4) is 0 Å². The predicted molar refractivity (Wildman–Crippen MR) is 85.5 cm³/mol. The van der Waals surface area contributed by atoms with E-state index in [9.17, 15) is 20.1 Å². The van der Waals surface area contributed by atoms with Crippen molar-refractivity contribution in [3.63, 3.8) is 0 Å². The van der Waals surface area contributed by atoms with Gasteiger partial charge in [-0.05, 0) is 55.3 Å². The molecule has 0 bridgehead atoms. The van der Waals surface area contributed by atoms with Crippen LogP contribution in [0.2, 0.25) is 0 Å². The minimum absolute atomic E-state index is 0.00558. The van der Waals surface area contributed by atoms with E-state index in [2.05, 4.69) is 6.92 Å². The van der Waals surface area contributed by atoms with Gasteiger partial charge in [-0.15, -0.1) is 0 Å². The van der Waals surface area contributed by atoms with Crippen molar-refractivity contribution in [2.45, 2.75) is 70.7 Å². The van der Waals surface area contributed by atoms with Gasteiger partial charge in [-0.25, -0.2) is 0 Å². The summed E-state index contributed by atoms with van der Waals surface area (Å²) < 4.78 is 0. The normalized spacial score (nSPS) is 55.7. The van der Waals surface area contributed by atoms with Crippen LogP contribution in [0.1, 0.15) is 52.4 Å². The molecule has 3 unspecified atom stereocenters. The highest BCUT2D eigenvalue weighted by Crippen LogP contribution is 2.63. The van der Waals surface area contributed by atoms with Gasteiger partial charge in [0.25, 0.3) is 0 Å². The lowest BCUT2D eigenvalue weighted by molar-refractivity contribution is -0.157. The lowest BCUT2D eigenvalue weighted by Crippen LogP contribution is -2.59. The maximum atomic E-state index is 12.4. The molecular formula is C19H28O4. The van der Waals surface area contributed by atoms with Gasteiger partial charge in [0.1, 0.15) is 5.78 Å². The summed E-state index contributed by atoms with van der Waals surface area (Å²) in [6.07, 6.45) is 4.57. The quantitative estimate of drug-likeness (QED) is 0.595. The zero-order valence-electron chi connectivity index (χ0n) is 14.0. The summed E-state index contributed by atoms with van der Waals surface area (Å²) >= 11 is 0. The SMILES string of the molecule is C[C@]12CC[C@@H](O)CC1=C[C@H](O)C1C2[C@H](O)C[C@]2(C)C(=O)CCC12. The van der Waals surface area contributed by atoms with E-state index < -0.39 is 17.6 Å². The van der Waals surface area contributed by atoms with Gasteiger partial charge in [0, 0.05) is 11.8 Å². The average molecular weight is 320 g/mol. The van der Waals surface area contributed by atoms with Crippen molar-refractivity contribution in [2.24, 2.45) is 28.6 Å². The molecule has 128 valence electrons. The van der Waals surface area contributed by atoms with Crippen molar-refractivity contribution in [2.75, 3.05) is 0 Å². The number of rotatable bonds is 0.